The Kier molecular flexibility index (Phi) is 4.15. The van der Waals surface area contributed by atoms with Crippen LogP contribution in [0.5, 0.6) is 0 Å². The molecule has 0 atom stereocenters. The molecule has 5 heteroatoms. The highest BCUT2D eigenvalue weighted by Crippen LogP contribution is 2.17. The van der Waals surface area contributed by atoms with Gasteiger partial charge in [-0.25, -0.2) is 4.98 Å². The second kappa shape index (κ2) is 5.82. The van der Waals surface area contributed by atoms with Crippen LogP contribution in [-0.4, -0.2) is 15.0 Å². The molecule has 0 amide bonds. The molecule has 1 N–H and O–H groups in total. The molecule has 0 aliphatic heterocycles. The quantitative estimate of drug-likeness (QED) is 0.678. The molecule has 0 aromatic carbocycles. The van der Waals surface area contributed by atoms with Gasteiger partial charge in [0.1, 0.15) is 0 Å². The van der Waals surface area contributed by atoms with E-state index in [4.69, 9.17) is 0 Å². The number of hydrogen-bond donors (Lipinski definition) is 1. The lowest BCUT2D eigenvalue weighted by Crippen LogP contribution is -2.08. The first kappa shape index (κ1) is 12.8. The zero-order chi connectivity index (χ0) is 13.0. The molecule has 0 radical (unpaired) electrons. The van der Waals surface area contributed by atoms with E-state index in [2.05, 4.69) is 27.9 Å². The molecule has 18 heavy (non-hydrogen) atoms. The lowest BCUT2D eigenvalue weighted by atomic mass is 10.2. The number of aromatic amines is 1. The number of thioether (sulfide) groups is 1. The Morgan fingerprint density at radius 3 is 2.83 bits per heavy atom. The number of aryl methyl sites for hydroxylation is 2. The summed E-state index contributed by atoms with van der Waals surface area (Å²) >= 11 is 1.49. The Hall–Kier alpha value is -1.62. The topological polar surface area (TPSA) is 58.6 Å². The third-order valence-corrected chi connectivity index (χ3v) is 3.41. The molecule has 2 aromatic heterocycles. The summed E-state index contributed by atoms with van der Waals surface area (Å²) in [5.41, 5.74) is 2.84. The number of rotatable bonds is 4. The summed E-state index contributed by atoms with van der Waals surface area (Å²) in [6.45, 7) is 3.92. The molecule has 0 spiro atoms. The third kappa shape index (κ3) is 3.43. The van der Waals surface area contributed by atoms with Crippen molar-refractivity contribution in [2.45, 2.75) is 31.2 Å². The van der Waals surface area contributed by atoms with Gasteiger partial charge in [0, 0.05) is 23.7 Å². The zero-order valence-corrected chi connectivity index (χ0v) is 11.3. The first-order valence-corrected chi connectivity index (χ1v) is 6.80. The molecule has 0 saturated carbocycles. The van der Waals surface area contributed by atoms with Crippen molar-refractivity contribution in [1.29, 1.82) is 0 Å². The number of aromatic nitrogens is 3. The van der Waals surface area contributed by atoms with Crippen LogP contribution < -0.4 is 5.56 Å². The van der Waals surface area contributed by atoms with Crippen molar-refractivity contribution in [2.75, 3.05) is 0 Å². The molecule has 2 aromatic rings. The molecular weight excluding hydrogens is 246 g/mol. The molecule has 94 valence electrons. The van der Waals surface area contributed by atoms with Gasteiger partial charge in [-0.3, -0.25) is 9.78 Å². The molecule has 4 nitrogen and oxygen atoms in total. The van der Waals surface area contributed by atoms with Crippen molar-refractivity contribution in [3.63, 3.8) is 0 Å². The maximum atomic E-state index is 11.3. The highest BCUT2D eigenvalue weighted by molar-refractivity contribution is 7.98. The van der Waals surface area contributed by atoms with E-state index in [1.54, 1.807) is 0 Å². The maximum Gasteiger partial charge on any atom is 0.251 e. The van der Waals surface area contributed by atoms with Crippen molar-refractivity contribution in [3.8, 4) is 0 Å². The van der Waals surface area contributed by atoms with Gasteiger partial charge in [0.15, 0.2) is 5.16 Å². The maximum absolute atomic E-state index is 11.3. The minimum atomic E-state index is -0.112. The molecule has 0 unspecified atom stereocenters. The van der Waals surface area contributed by atoms with Crippen LogP contribution in [0.3, 0.4) is 0 Å². The highest BCUT2D eigenvalue weighted by Gasteiger charge is 2.01. The van der Waals surface area contributed by atoms with Crippen LogP contribution in [-0.2, 0) is 12.2 Å². The lowest BCUT2D eigenvalue weighted by molar-refractivity contribution is 0.904. The van der Waals surface area contributed by atoms with Gasteiger partial charge in [0.2, 0.25) is 0 Å². The number of nitrogens with one attached hydrogen (secondary N) is 1. The van der Waals surface area contributed by atoms with Gasteiger partial charge in [-0.05, 0) is 25.0 Å². The number of pyridine rings is 1. The van der Waals surface area contributed by atoms with Crippen LogP contribution in [0.2, 0.25) is 0 Å². The highest BCUT2D eigenvalue weighted by atomic mass is 32.2. The van der Waals surface area contributed by atoms with E-state index in [1.807, 2.05) is 19.2 Å². The molecule has 0 saturated heterocycles. The Labute approximate surface area is 110 Å². The molecule has 0 aliphatic carbocycles. The fourth-order valence-corrected chi connectivity index (χ4v) is 2.35. The second-order valence-corrected chi connectivity index (χ2v) is 4.96. The third-order valence-electron chi connectivity index (χ3n) is 2.50. The van der Waals surface area contributed by atoms with Crippen molar-refractivity contribution < 1.29 is 0 Å². The fourth-order valence-electron chi connectivity index (χ4n) is 1.51. The summed E-state index contributed by atoms with van der Waals surface area (Å²) < 4.78 is 0. The SMILES string of the molecule is CCc1ccc(CSc2nc(C)cc(=O)[nH]2)nc1. The van der Waals surface area contributed by atoms with Gasteiger partial charge in [-0.2, -0.15) is 0 Å². The van der Waals surface area contributed by atoms with Gasteiger partial charge in [0.25, 0.3) is 5.56 Å². The van der Waals surface area contributed by atoms with E-state index >= 15 is 0 Å². The van der Waals surface area contributed by atoms with Crippen LogP contribution in [0.4, 0.5) is 0 Å². The minimum Gasteiger partial charge on any atom is -0.301 e. The summed E-state index contributed by atoms with van der Waals surface area (Å²) in [6, 6.07) is 5.58. The summed E-state index contributed by atoms with van der Waals surface area (Å²) in [5.74, 6) is 0.705. The Morgan fingerprint density at radius 2 is 2.22 bits per heavy atom. The van der Waals surface area contributed by atoms with Gasteiger partial charge in [-0.1, -0.05) is 24.8 Å². The molecule has 0 bridgehead atoms. The van der Waals surface area contributed by atoms with Gasteiger partial charge < -0.3 is 4.98 Å². The van der Waals surface area contributed by atoms with Gasteiger partial charge in [-0.15, -0.1) is 0 Å². The largest absolute Gasteiger partial charge is 0.301 e. The van der Waals surface area contributed by atoms with E-state index in [-0.39, 0.29) is 5.56 Å². The van der Waals surface area contributed by atoms with E-state index < -0.39 is 0 Å². The predicted octanol–water partition coefficient (Wildman–Crippen LogP) is 2.33. The smallest absolute Gasteiger partial charge is 0.251 e. The first-order valence-electron chi connectivity index (χ1n) is 5.82. The van der Waals surface area contributed by atoms with Gasteiger partial charge in [0.05, 0.1) is 5.69 Å². The molecule has 2 rings (SSSR count). The van der Waals surface area contributed by atoms with Crippen molar-refractivity contribution in [1.82, 2.24) is 15.0 Å². The predicted molar refractivity (Wildman–Crippen MR) is 72.8 cm³/mol. The second-order valence-electron chi connectivity index (χ2n) is 3.99. The molecular formula is C13H15N3OS. The van der Waals surface area contributed by atoms with Crippen molar-refractivity contribution in [2.24, 2.45) is 0 Å². The van der Waals surface area contributed by atoms with Crippen LogP contribution in [0.15, 0.2) is 34.3 Å². The number of nitrogens with zero attached hydrogens (tertiary/aromatic N) is 2. The molecule has 2 heterocycles. The van der Waals surface area contributed by atoms with E-state index in [1.165, 1.54) is 23.4 Å². The van der Waals surface area contributed by atoms with E-state index in [0.717, 1.165) is 17.8 Å². The average Bonchev–Trinajstić information content (AvgIpc) is 2.36. The normalized spacial score (nSPS) is 10.6. The Morgan fingerprint density at radius 1 is 1.39 bits per heavy atom. The number of hydrogen-bond acceptors (Lipinski definition) is 4. The van der Waals surface area contributed by atoms with Crippen molar-refractivity contribution in [3.05, 3.63) is 51.7 Å². The summed E-state index contributed by atoms with van der Waals surface area (Å²) in [7, 11) is 0. The van der Waals surface area contributed by atoms with Crippen LogP contribution in [0.25, 0.3) is 0 Å². The van der Waals surface area contributed by atoms with E-state index in [9.17, 15) is 4.79 Å². The zero-order valence-electron chi connectivity index (χ0n) is 10.4. The molecule has 0 fully saturated rings. The summed E-state index contributed by atoms with van der Waals surface area (Å²) in [4.78, 5) is 22.6. The standard InChI is InChI=1S/C13H15N3OS/c1-3-10-4-5-11(14-7-10)8-18-13-15-9(2)6-12(17)16-13/h4-7H,3,8H2,1-2H3,(H,15,16,17). The summed E-state index contributed by atoms with van der Waals surface area (Å²) in [6.07, 6.45) is 2.88. The van der Waals surface area contributed by atoms with Crippen LogP contribution in [0, 0.1) is 6.92 Å². The molecule has 0 aliphatic rings. The summed E-state index contributed by atoms with van der Waals surface area (Å²) in [5, 5.41) is 0.640. The lowest BCUT2D eigenvalue weighted by Gasteiger charge is -2.02. The van der Waals surface area contributed by atoms with E-state index in [0.29, 0.717) is 10.9 Å². The Bertz CT molecular complexity index is 578. The van der Waals surface area contributed by atoms with Gasteiger partial charge >= 0.3 is 0 Å². The number of H-pyrrole nitrogens is 1. The fraction of sp³-hybridized carbons (Fsp3) is 0.308. The monoisotopic (exact) mass is 261 g/mol. The van der Waals surface area contributed by atoms with Crippen molar-refractivity contribution >= 4 is 11.8 Å². The average molecular weight is 261 g/mol. The minimum absolute atomic E-state index is 0.112. The van der Waals surface area contributed by atoms with Crippen LogP contribution >= 0.6 is 11.8 Å². The van der Waals surface area contributed by atoms with Crippen LogP contribution in [0.1, 0.15) is 23.9 Å². The first-order chi connectivity index (χ1) is 8.67. The Balaban J connectivity index is 2.04.